The Kier molecular flexibility index (Phi) is 7.87. The van der Waals surface area contributed by atoms with Gasteiger partial charge in [-0.2, -0.15) is 0 Å². The zero-order valence-corrected chi connectivity index (χ0v) is 12.9. The van der Waals surface area contributed by atoms with E-state index in [1.54, 1.807) is 0 Å². The van der Waals surface area contributed by atoms with Crippen molar-refractivity contribution in [1.29, 1.82) is 0 Å². The zero-order chi connectivity index (χ0) is 13.4. The van der Waals surface area contributed by atoms with Crippen molar-refractivity contribution in [3.63, 3.8) is 0 Å². The number of hydrogen-bond donors (Lipinski definition) is 1. The summed E-state index contributed by atoms with van der Waals surface area (Å²) in [6.45, 7) is 12.9. The molecule has 1 aliphatic heterocycles. The molecule has 1 rings (SSSR count). The molecule has 3 heteroatoms. The lowest BCUT2D eigenvalue weighted by Crippen LogP contribution is -2.39. The van der Waals surface area contributed by atoms with Gasteiger partial charge in [0.05, 0.1) is 0 Å². The second-order valence-electron chi connectivity index (χ2n) is 5.79. The van der Waals surface area contributed by atoms with Crippen LogP contribution in [0.5, 0.6) is 0 Å². The number of likely N-dealkylation sites (tertiary alicyclic amines) is 1. The predicted octanol–water partition coefficient (Wildman–Crippen LogP) is 2.18. The topological polar surface area (TPSA) is 18.5 Å². The van der Waals surface area contributed by atoms with Crippen LogP contribution in [-0.4, -0.2) is 61.7 Å². The Hall–Kier alpha value is -0.120. The minimum atomic E-state index is 0.669. The van der Waals surface area contributed by atoms with E-state index >= 15 is 0 Å². The molecule has 1 heterocycles. The first kappa shape index (κ1) is 15.9. The lowest BCUT2D eigenvalue weighted by Gasteiger charge is -2.28. The standard InChI is InChI=1S/C15H33N3/c1-5-16-14(3)9-7-11-17(4)13-15-10-8-12-18(15)6-2/h14-16H,5-13H2,1-4H3. The molecule has 2 atom stereocenters. The Labute approximate surface area is 114 Å². The summed E-state index contributed by atoms with van der Waals surface area (Å²) < 4.78 is 0. The van der Waals surface area contributed by atoms with Crippen LogP contribution >= 0.6 is 0 Å². The molecular weight excluding hydrogens is 222 g/mol. The Balaban J connectivity index is 2.11. The summed E-state index contributed by atoms with van der Waals surface area (Å²) in [6.07, 6.45) is 5.39. The predicted molar refractivity (Wildman–Crippen MR) is 80.1 cm³/mol. The molecule has 108 valence electrons. The number of likely N-dealkylation sites (N-methyl/N-ethyl adjacent to an activating group) is 2. The second-order valence-corrected chi connectivity index (χ2v) is 5.79. The van der Waals surface area contributed by atoms with Crippen molar-refractivity contribution in [2.75, 3.05) is 39.8 Å². The molecule has 18 heavy (non-hydrogen) atoms. The molecule has 2 unspecified atom stereocenters. The van der Waals surface area contributed by atoms with Crippen LogP contribution in [-0.2, 0) is 0 Å². The lowest BCUT2D eigenvalue weighted by molar-refractivity contribution is 0.196. The van der Waals surface area contributed by atoms with Crippen LogP contribution in [0.15, 0.2) is 0 Å². The first-order valence-electron chi connectivity index (χ1n) is 7.83. The van der Waals surface area contributed by atoms with Gasteiger partial charge in [-0.05, 0) is 65.8 Å². The molecule has 1 aliphatic rings. The summed E-state index contributed by atoms with van der Waals surface area (Å²) in [5.74, 6) is 0. The first-order valence-corrected chi connectivity index (χ1v) is 7.83. The maximum atomic E-state index is 3.48. The van der Waals surface area contributed by atoms with Gasteiger partial charge in [0.25, 0.3) is 0 Å². The quantitative estimate of drug-likeness (QED) is 0.681. The monoisotopic (exact) mass is 255 g/mol. The van der Waals surface area contributed by atoms with Gasteiger partial charge in [0.1, 0.15) is 0 Å². The summed E-state index contributed by atoms with van der Waals surface area (Å²) in [7, 11) is 2.28. The molecule has 1 N–H and O–H groups in total. The summed E-state index contributed by atoms with van der Waals surface area (Å²) in [5.41, 5.74) is 0. The first-order chi connectivity index (χ1) is 8.67. The number of nitrogens with zero attached hydrogens (tertiary/aromatic N) is 2. The van der Waals surface area contributed by atoms with E-state index in [9.17, 15) is 0 Å². The summed E-state index contributed by atoms with van der Waals surface area (Å²) in [4.78, 5) is 5.16. The van der Waals surface area contributed by atoms with Crippen LogP contribution in [0, 0.1) is 0 Å². The van der Waals surface area contributed by atoms with Gasteiger partial charge in [-0.15, -0.1) is 0 Å². The van der Waals surface area contributed by atoms with Crippen molar-refractivity contribution in [1.82, 2.24) is 15.1 Å². The Bertz CT molecular complexity index is 208. The van der Waals surface area contributed by atoms with Gasteiger partial charge >= 0.3 is 0 Å². The van der Waals surface area contributed by atoms with Crippen LogP contribution in [0.3, 0.4) is 0 Å². The van der Waals surface area contributed by atoms with E-state index in [0.29, 0.717) is 6.04 Å². The summed E-state index contributed by atoms with van der Waals surface area (Å²) >= 11 is 0. The lowest BCUT2D eigenvalue weighted by atomic mass is 10.1. The molecule has 1 saturated heterocycles. The average molecular weight is 255 g/mol. The Morgan fingerprint density at radius 2 is 2.17 bits per heavy atom. The smallest absolute Gasteiger partial charge is 0.0223 e. The molecule has 0 aromatic heterocycles. The van der Waals surface area contributed by atoms with Crippen LogP contribution in [0.2, 0.25) is 0 Å². The van der Waals surface area contributed by atoms with Crippen molar-refractivity contribution < 1.29 is 0 Å². The maximum absolute atomic E-state index is 3.48. The fourth-order valence-corrected chi connectivity index (χ4v) is 3.09. The minimum Gasteiger partial charge on any atom is -0.315 e. The average Bonchev–Trinajstić information content (AvgIpc) is 2.76. The number of hydrogen-bond acceptors (Lipinski definition) is 3. The highest BCUT2D eigenvalue weighted by molar-refractivity contribution is 4.80. The molecule has 0 aromatic carbocycles. The third-order valence-corrected chi connectivity index (χ3v) is 4.16. The largest absolute Gasteiger partial charge is 0.315 e. The molecule has 1 fully saturated rings. The Morgan fingerprint density at radius 1 is 1.39 bits per heavy atom. The normalized spacial score (nSPS) is 22.8. The number of rotatable bonds is 9. The molecule has 0 spiro atoms. The van der Waals surface area contributed by atoms with Crippen LogP contribution in [0.4, 0.5) is 0 Å². The Morgan fingerprint density at radius 3 is 2.83 bits per heavy atom. The van der Waals surface area contributed by atoms with Crippen LogP contribution in [0.1, 0.15) is 46.5 Å². The molecule has 0 bridgehead atoms. The van der Waals surface area contributed by atoms with Gasteiger partial charge in [0, 0.05) is 18.6 Å². The third kappa shape index (κ3) is 5.68. The van der Waals surface area contributed by atoms with E-state index in [4.69, 9.17) is 0 Å². The van der Waals surface area contributed by atoms with Crippen LogP contribution in [0.25, 0.3) is 0 Å². The van der Waals surface area contributed by atoms with Crippen molar-refractivity contribution in [2.24, 2.45) is 0 Å². The molecule has 0 aromatic rings. The highest BCUT2D eigenvalue weighted by Crippen LogP contribution is 2.17. The fraction of sp³-hybridized carbons (Fsp3) is 1.00. The second kappa shape index (κ2) is 8.89. The van der Waals surface area contributed by atoms with Gasteiger partial charge in [0.15, 0.2) is 0 Å². The van der Waals surface area contributed by atoms with Crippen LogP contribution < -0.4 is 5.32 Å². The van der Waals surface area contributed by atoms with Gasteiger partial charge < -0.3 is 10.2 Å². The number of nitrogens with one attached hydrogen (secondary N) is 1. The highest BCUT2D eigenvalue weighted by Gasteiger charge is 2.23. The van der Waals surface area contributed by atoms with Gasteiger partial charge in [-0.25, -0.2) is 0 Å². The highest BCUT2D eigenvalue weighted by atomic mass is 15.2. The van der Waals surface area contributed by atoms with E-state index in [0.717, 1.165) is 12.6 Å². The molecule has 0 aliphatic carbocycles. The SMILES string of the molecule is CCNC(C)CCCN(C)CC1CCCN1CC. The van der Waals surface area contributed by atoms with Gasteiger partial charge in [-0.3, -0.25) is 4.90 Å². The van der Waals surface area contributed by atoms with Gasteiger partial charge in [-0.1, -0.05) is 13.8 Å². The molecular formula is C15H33N3. The molecule has 0 amide bonds. The fourth-order valence-electron chi connectivity index (χ4n) is 3.09. The zero-order valence-electron chi connectivity index (χ0n) is 12.9. The van der Waals surface area contributed by atoms with E-state index < -0.39 is 0 Å². The molecule has 0 radical (unpaired) electrons. The van der Waals surface area contributed by atoms with Crippen molar-refractivity contribution in [2.45, 2.75) is 58.5 Å². The molecule has 3 nitrogen and oxygen atoms in total. The van der Waals surface area contributed by atoms with Crippen molar-refractivity contribution >= 4 is 0 Å². The summed E-state index contributed by atoms with van der Waals surface area (Å²) in [6, 6.07) is 1.48. The van der Waals surface area contributed by atoms with E-state index in [2.05, 4.69) is 42.9 Å². The van der Waals surface area contributed by atoms with Crippen molar-refractivity contribution in [3.8, 4) is 0 Å². The van der Waals surface area contributed by atoms with E-state index in [1.165, 1.54) is 51.9 Å². The third-order valence-electron chi connectivity index (χ3n) is 4.16. The van der Waals surface area contributed by atoms with E-state index in [-0.39, 0.29) is 0 Å². The maximum Gasteiger partial charge on any atom is 0.0223 e. The summed E-state index contributed by atoms with van der Waals surface area (Å²) in [5, 5.41) is 3.48. The minimum absolute atomic E-state index is 0.669. The molecule has 0 saturated carbocycles. The van der Waals surface area contributed by atoms with Crippen molar-refractivity contribution in [3.05, 3.63) is 0 Å². The van der Waals surface area contributed by atoms with E-state index in [1.807, 2.05) is 0 Å². The van der Waals surface area contributed by atoms with Gasteiger partial charge in [0.2, 0.25) is 0 Å².